The van der Waals surface area contributed by atoms with E-state index in [0.29, 0.717) is 6.61 Å². The molecule has 1 aliphatic rings. The minimum absolute atomic E-state index is 0.209. The van der Waals surface area contributed by atoms with E-state index in [1.165, 1.54) is 19.3 Å². The molecule has 1 atom stereocenters. The minimum atomic E-state index is -0.753. The maximum absolute atomic E-state index is 8.85. The molecule has 1 heterocycles. The summed E-state index contributed by atoms with van der Waals surface area (Å²) < 4.78 is 5.98. The van der Waals surface area contributed by atoms with Gasteiger partial charge >= 0.3 is 0 Å². The fourth-order valence-electron chi connectivity index (χ4n) is 2.19. The molecule has 1 saturated heterocycles. The van der Waals surface area contributed by atoms with Crippen LogP contribution in [0.15, 0.2) is 0 Å². The molecule has 13 heavy (non-hydrogen) atoms. The summed E-state index contributed by atoms with van der Waals surface area (Å²) in [6.07, 6.45) is 5.76. The Bertz CT molecular complexity index is 142. The van der Waals surface area contributed by atoms with E-state index in [1.54, 1.807) is 0 Å². The van der Waals surface area contributed by atoms with Crippen LogP contribution in [0.25, 0.3) is 0 Å². The van der Waals surface area contributed by atoms with Crippen LogP contribution in [0.2, 0.25) is 13.1 Å². The lowest BCUT2D eigenvalue weighted by Gasteiger charge is -2.40. The monoisotopic (exact) mass is 202 g/mol. The predicted octanol–water partition coefficient (Wildman–Crippen LogP) is 1.72. The Balaban J connectivity index is 2.51. The smallest absolute Gasteiger partial charge is 0.0695 e. The Morgan fingerprint density at radius 3 is 2.62 bits per heavy atom. The maximum Gasteiger partial charge on any atom is 0.0695 e. The largest absolute Gasteiger partial charge is 0.396 e. The molecule has 0 spiro atoms. The number of aliphatic hydroxyl groups excluding tert-OH is 1. The van der Waals surface area contributed by atoms with Crippen molar-refractivity contribution in [1.29, 1.82) is 0 Å². The van der Waals surface area contributed by atoms with E-state index in [9.17, 15) is 0 Å². The van der Waals surface area contributed by atoms with Crippen molar-refractivity contribution in [2.45, 2.75) is 50.4 Å². The first-order valence-corrected chi connectivity index (χ1v) is 8.35. The van der Waals surface area contributed by atoms with E-state index in [0.717, 1.165) is 19.4 Å². The van der Waals surface area contributed by atoms with Gasteiger partial charge in [0.1, 0.15) is 0 Å². The second-order valence-electron chi connectivity index (χ2n) is 4.35. The Morgan fingerprint density at radius 1 is 1.38 bits per heavy atom. The van der Waals surface area contributed by atoms with Crippen LogP contribution >= 0.6 is 0 Å². The van der Waals surface area contributed by atoms with E-state index in [1.807, 2.05) is 0 Å². The molecule has 3 heteroatoms. The first kappa shape index (κ1) is 11.2. The molecule has 0 aliphatic carbocycles. The number of rotatable bonds is 4. The average Bonchev–Trinajstić information content (AvgIpc) is 2.16. The molecule has 1 fully saturated rings. The molecule has 0 bridgehead atoms. The molecular weight excluding hydrogens is 180 g/mol. The van der Waals surface area contributed by atoms with Crippen molar-refractivity contribution in [3.63, 3.8) is 0 Å². The zero-order chi connectivity index (χ0) is 9.73. The van der Waals surface area contributed by atoms with Crippen molar-refractivity contribution >= 4 is 8.80 Å². The maximum atomic E-state index is 8.85. The van der Waals surface area contributed by atoms with Gasteiger partial charge in [-0.3, -0.25) is 0 Å². The summed E-state index contributed by atoms with van der Waals surface area (Å²) in [6.45, 7) is 5.98. The lowest BCUT2D eigenvalue weighted by atomic mass is 10.0. The second-order valence-corrected chi connectivity index (χ2v) is 7.71. The van der Waals surface area contributed by atoms with Gasteiger partial charge in [0.25, 0.3) is 0 Å². The van der Waals surface area contributed by atoms with Gasteiger partial charge in [0.2, 0.25) is 0 Å². The normalized spacial score (nSPS) is 29.5. The Morgan fingerprint density at radius 2 is 2.15 bits per heavy atom. The Labute approximate surface area is 82.9 Å². The molecule has 1 aliphatic heterocycles. The average molecular weight is 202 g/mol. The zero-order valence-corrected chi connectivity index (χ0v) is 10.0. The topological polar surface area (TPSA) is 29.5 Å². The van der Waals surface area contributed by atoms with Crippen LogP contribution in [-0.2, 0) is 4.74 Å². The number of ether oxygens (including phenoxy) is 1. The first-order valence-electron chi connectivity index (χ1n) is 5.46. The molecule has 0 aromatic rings. The predicted molar refractivity (Wildman–Crippen MR) is 57.7 cm³/mol. The summed E-state index contributed by atoms with van der Waals surface area (Å²) in [4.78, 5) is 0. The highest BCUT2D eigenvalue weighted by Crippen LogP contribution is 2.31. The van der Waals surface area contributed by atoms with Crippen molar-refractivity contribution in [3.8, 4) is 0 Å². The van der Waals surface area contributed by atoms with E-state index >= 15 is 0 Å². The molecule has 0 aromatic carbocycles. The number of hydrogen-bond donors (Lipinski definition) is 1. The highest BCUT2D eigenvalue weighted by atomic mass is 28.3. The molecule has 1 N–H and O–H groups in total. The molecule has 78 valence electrons. The molecule has 1 rings (SSSR count). The van der Waals surface area contributed by atoms with Crippen LogP contribution in [0.1, 0.15) is 32.1 Å². The van der Waals surface area contributed by atoms with Gasteiger partial charge < -0.3 is 9.84 Å². The van der Waals surface area contributed by atoms with Crippen LogP contribution in [0.3, 0.4) is 0 Å². The molecule has 2 nitrogen and oxygen atoms in total. The summed E-state index contributed by atoms with van der Waals surface area (Å²) >= 11 is 0. The van der Waals surface area contributed by atoms with Crippen molar-refractivity contribution in [3.05, 3.63) is 0 Å². The summed E-state index contributed by atoms with van der Waals surface area (Å²) in [5.41, 5.74) is 0. The van der Waals surface area contributed by atoms with Gasteiger partial charge in [0.05, 0.1) is 14.0 Å². The molecule has 1 unspecified atom stereocenters. The van der Waals surface area contributed by atoms with E-state index in [4.69, 9.17) is 9.84 Å². The second kappa shape index (κ2) is 5.13. The third-order valence-electron chi connectivity index (χ3n) is 3.19. The third kappa shape index (κ3) is 2.79. The summed E-state index contributed by atoms with van der Waals surface area (Å²) in [5, 5.41) is 9.06. The standard InChI is InChI=1S/C10H22O2Si/c1-13(2)10(7-5-8-11)6-3-4-9-12-10/h11,13H,3-9H2,1-2H3. The van der Waals surface area contributed by atoms with Crippen LogP contribution in [0, 0.1) is 0 Å². The summed E-state index contributed by atoms with van der Waals surface area (Å²) in [7, 11) is -0.753. The van der Waals surface area contributed by atoms with E-state index in [2.05, 4.69) is 13.1 Å². The van der Waals surface area contributed by atoms with Crippen LogP contribution in [-0.4, -0.2) is 32.3 Å². The van der Waals surface area contributed by atoms with Crippen molar-refractivity contribution in [1.82, 2.24) is 0 Å². The van der Waals surface area contributed by atoms with Crippen LogP contribution < -0.4 is 0 Å². The SMILES string of the molecule is C[SiH](C)C1(CCCO)CCCCO1. The molecule has 0 aromatic heterocycles. The van der Waals surface area contributed by atoms with Gasteiger partial charge in [-0.2, -0.15) is 0 Å². The Hall–Kier alpha value is 0.137. The fourth-order valence-corrected chi connectivity index (χ4v) is 4.21. The van der Waals surface area contributed by atoms with Gasteiger partial charge in [-0.15, -0.1) is 0 Å². The molecular formula is C10H22O2Si. The highest BCUT2D eigenvalue weighted by molar-refractivity contribution is 6.59. The molecule has 0 radical (unpaired) electrons. The van der Waals surface area contributed by atoms with E-state index < -0.39 is 8.80 Å². The fraction of sp³-hybridized carbons (Fsp3) is 1.00. The first-order chi connectivity index (χ1) is 6.21. The van der Waals surface area contributed by atoms with Gasteiger partial charge in [0.15, 0.2) is 0 Å². The van der Waals surface area contributed by atoms with Gasteiger partial charge in [0, 0.05) is 13.2 Å². The quantitative estimate of drug-likeness (QED) is 0.704. The van der Waals surface area contributed by atoms with Gasteiger partial charge in [-0.25, -0.2) is 0 Å². The van der Waals surface area contributed by atoms with Crippen molar-refractivity contribution in [2.75, 3.05) is 13.2 Å². The number of hydrogen-bond acceptors (Lipinski definition) is 2. The van der Waals surface area contributed by atoms with Gasteiger partial charge in [-0.1, -0.05) is 13.1 Å². The third-order valence-corrected chi connectivity index (χ3v) is 6.04. The van der Waals surface area contributed by atoms with Crippen LogP contribution in [0.5, 0.6) is 0 Å². The lowest BCUT2D eigenvalue weighted by Crippen LogP contribution is -2.47. The van der Waals surface area contributed by atoms with Crippen molar-refractivity contribution in [2.24, 2.45) is 0 Å². The highest BCUT2D eigenvalue weighted by Gasteiger charge is 2.36. The number of aliphatic hydroxyl groups is 1. The lowest BCUT2D eigenvalue weighted by molar-refractivity contribution is -0.0309. The van der Waals surface area contributed by atoms with Crippen LogP contribution in [0.4, 0.5) is 0 Å². The molecule has 0 saturated carbocycles. The summed E-state index contributed by atoms with van der Waals surface area (Å²) in [6, 6.07) is 0. The van der Waals surface area contributed by atoms with E-state index in [-0.39, 0.29) is 5.22 Å². The molecule has 0 amide bonds. The van der Waals surface area contributed by atoms with Crippen molar-refractivity contribution < 1.29 is 9.84 Å². The van der Waals surface area contributed by atoms with Gasteiger partial charge in [-0.05, 0) is 32.1 Å². The summed E-state index contributed by atoms with van der Waals surface area (Å²) in [5.74, 6) is 0. The minimum Gasteiger partial charge on any atom is -0.396 e. The Kier molecular flexibility index (Phi) is 4.42. The zero-order valence-electron chi connectivity index (χ0n) is 8.88.